The predicted octanol–water partition coefficient (Wildman–Crippen LogP) is 1.89. The summed E-state index contributed by atoms with van der Waals surface area (Å²) < 4.78 is 0. The average Bonchev–Trinajstić information content (AvgIpc) is 2.82. The van der Waals surface area contributed by atoms with Gasteiger partial charge < -0.3 is 10.2 Å². The van der Waals surface area contributed by atoms with E-state index in [9.17, 15) is 4.79 Å². The van der Waals surface area contributed by atoms with E-state index < -0.39 is 0 Å². The number of carbonyl (C=O) groups is 1. The molecular formula is C13H20N2OS. The molecule has 1 aliphatic heterocycles. The van der Waals surface area contributed by atoms with Crippen LogP contribution in [-0.2, 0) is 11.2 Å². The number of nitrogens with one attached hydrogen (secondary N) is 1. The van der Waals surface area contributed by atoms with Crippen LogP contribution in [0.5, 0.6) is 0 Å². The highest BCUT2D eigenvalue weighted by molar-refractivity contribution is 7.07. The Morgan fingerprint density at radius 3 is 3.12 bits per heavy atom. The summed E-state index contributed by atoms with van der Waals surface area (Å²) in [6.45, 7) is 3.05. The number of piperidine rings is 1. The molecule has 94 valence electrons. The van der Waals surface area contributed by atoms with E-state index in [4.69, 9.17) is 0 Å². The zero-order chi connectivity index (χ0) is 12.3. The monoisotopic (exact) mass is 252 g/mol. The minimum Gasteiger partial charge on any atom is -0.338 e. The van der Waals surface area contributed by atoms with Gasteiger partial charge in [-0.25, -0.2) is 0 Å². The highest BCUT2D eigenvalue weighted by atomic mass is 32.1. The summed E-state index contributed by atoms with van der Waals surface area (Å²) >= 11 is 1.72. The maximum atomic E-state index is 12.2. The smallest absolute Gasteiger partial charge is 0.239 e. The largest absolute Gasteiger partial charge is 0.338 e. The first-order valence-electron chi connectivity index (χ1n) is 6.21. The van der Waals surface area contributed by atoms with E-state index in [0.717, 1.165) is 25.8 Å². The van der Waals surface area contributed by atoms with Gasteiger partial charge in [0.2, 0.25) is 5.91 Å². The van der Waals surface area contributed by atoms with Crippen LogP contribution >= 0.6 is 11.3 Å². The van der Waals surface area contributed by atoms with Crippen LogP contribution in [0.2, 0.25) is 0 Å². The van der Waals surface area contributed by atoms with Gasteiger partial charge in [-0.1, -0.05) is 0 Å². The van der Waals surface area contributed by atoms with Crippen molar-refractivity contribution in [3.05, 3.63) is 22.4 Å². The lowest BCUT2D eigenvalue weighted by molar-refractivity contribution is -0.137. The molecule has 1 saturated heterocycles. The van der Waals surface area contributed by atoms with Crippen molar-refractivity contribution in [2.24, 2.45) is 0 Å². The third kappa shape index (κ3) is 2.87. The molecule has 17 heavy (non-hydrogen) atoms. The summed E-state index contributed by atoms with van der Waals surface area (Å²) in [6, 6.07) is 2.47. The predicted molar refractivity (Wildman–Crippen MR) is 71.3 cm³/mol. The molecule has 3 nitrogen and oxygen atoms in total. The van der Waals surface area contributed by atoms with Crippen molar-refractivity contribution in [1.29, 1.82) is 0 Å². The van der Waals surface area contributed by atoms with Gasteiger partial charge >= 0.3 is 0 Å². The third-order valence-corrected chi connectivity index (χ3v) is 4.20. The number of nitrogens with zero attached hydrogens (tertiary/aromatic N) is 1. The van der Waals surface area contributed by atoms with Crippen LogP contribution in [0.4, 0.5) is 0 Å². The maximum Gasteiger partial charge on any atom is 0.239 e. The van der Waals surface area contributed by atoms with Gasteiger partial charge in [0, 0.05) is 12.6 Å². The second-order valence-corrected chi connectivity index (χ2v) is 5.48. The van der Waals surface area contributed by atoms with Crippen molar-refractivity contribution in [3.63, 3.8) is 0 Å². The average molecular weight is 252 g/mol. The topological polar surface area (TPSA) is 32.3 Å². The first kappa shape index (κ1) is 12.6. The van der Waals surface area contributed by atoms with Crippen molar-refractivity contribution >= 4 is 17.2 Å². The van der Waals surface area contributed by atoms with E-state index in [2.05, 4.69) is 29.1 Å². The molecule has 0 spiro atoms. The van der Waals surface area contributed by atoms with Crippen LogP contribution in [0.1, 0.15) is 25.3 Å². The maximum absolute atomic E-state index is 12.2. The number of hydrogen-bond donors (Lipinski definition) is 1. The Bertz CT molecular complexity index is 364. The highest BCUT2D eigenvalue weighted by Crippen LogP contribution is 2.18. The minimum atomic E-state index is 0.0219. The first-order valence-corrected chi connectivity index (χ1v) is 7.15. The van der Waals surface area contributed by atoms with Gasteiger partial charge in [0.1, 0.15) is 0 Å². The molecule has 1 aliphatic rings. The van der Waals surface area contributed by atoms with Crippen LogP contribution in [0.25, 0.3) is 0 Å². The summed E-state index contributed by atoms with van der Waals surface area (Å²) in [5.41, 5.74) is 1.34. The van der Waals surface area contributed by atoms with Crippen molar-refractivity contribution < 1.29 is 4.79 Å². The normalized spacial score (nSPS) is 22.8. The molecule has 2 unspecified atom stereocenters. The molecule has 1 amide bonds. The SMILES string of the molecule is CNC1CCCN(C(C)Cc2ccsc2)C1=O. The van der Waals surface area contributed by atoms with Gasteiger partial charge in [0.15, 0.2) is 0 Å². The van der Waals surface area contributed by atoms with Crippen molar-refractivity contribution in [1.82, 2.24) is 10.2 Å². The lowest BCUT2D eigenvalue weighted by Gasteiger charge is -2.36. The molecule has 0 aliphatic carbocycles. The fourth-order valence-corrected chi connectivity index (χ4v) is 3.15. The molecule has 2 atom stereocenters. The van der Waals surface area contributed by atoms with E-state index >= 15 is 0 Å². The standard InChI is InChI=1S/C13H20N2OS/c1-10(8-11-5-7-17-9-11)15-6-3-4-12(14-2)13(15)16/h5,7,9-10,12,14H,3-4,6,8H2,1-2H3. The molecule has 0 bridgehead atoms. The number of likely N-dealkylation sites (tertiary alicyclic amines) is 1. The van der Waals surface area contributed by atoms with Crippen LogP contribution in [0, 0.1) is 0 Å². The number of thiophene rings is 1. The molecule has 1 aromatic rings. The molecule has 1 N–H and O–H groups in total. The molecule has 0 saturated carbocycles. The number of amides is 1. The number of rotatable bonds is 4. The van der Waals surface area contributed by atoms with E-state index in [1.165, 1.54) is 5.56 Å². The van der Waals surface area contributed by atoms with E-state index in [0.29, 0.717) is 6.04 Å². The van der Waals surface area contributed by atoms with Crippen molar-refractivity contribution in [3.8, 4) is 0 Å². The second kappa shape index (κ2) is 5.65. The van der Waals surface area contributed by atoms with Crippen LogP contribution in [0.3, 0.4) is 0 Å². The first-order chi connectivity index (χ1) is 8.22. The molecular weight excluding hydrogens is 232 g/mol. The van der Waals surface area contributed by atoms with Crippen molar-refractivity contribution in [2.75, 3.05) is 13.6 Å². The number of likely N-dealkylation sites (N-methyl/N-ethyl adjacent to an activating group) is 1. The Labute approximate surface area is 107 Å². The number of carbonyl (C=O) groups excluding carboxylic acids is 1. The van der Waals surface area contributed by atoms with Crippen LogP contribution in [-0.4, -0.2) is 36.5 Å². The minimum absolute atomic E-state index is 0.0219. The summed E-state index contributed by atoms with van der Waals surface area (Å²) in [5, 5.41) is 7.37. The van der Waals surface area contributed by atoms with Gasteiger partial charge in [-0.2, -0.15) is 11.3 Å². The fraction of sp³-hybridized carbons (Fsp3) is 0.615. The third-order valence-electron chi connectivity index (χ3n) is 3.46. The molecule has 1 fully saturated rings. The Morgan fingerprint density at radius 2 is 2.47 bits per heavy atom. The van der Waals surface area contributed by atoms with Gasteiger partial charge in [-0.3, -0.25) is 4.79 Å². The Balaban J connectivity index is 1.98. The van der Waals surface area contributed by atoms with Crippen molar-refractivity contribution in [2.45, 2.75) is 38.3 Å². The van der Waals surface area contributed by atoms with Gasteiger partial charge in [-0.15, -0.1) is 0 Å². The van der Waals surface area contributed by atoms with E-state index in [1.54, 1.807) is 11.3 Å². The van der Waals surface area contributed by atoms with E-state index in [-0.39, 0.29) is 11.9 Å². The summed E-state index contributed by atoms with van der Waals surface area (Å²) in [7, 11) is 1.87. The molecule has 2 rings (SSSR count). The lowest BCUT2D eigenvalue weighted by Crippen LogP contribution is -2.53. The highest BCUT2D eigenvalue weighted by Gasteiger charge is 2.30. The van der Waals surface area contributed by atoms with Gasteiger partial charge in [0.25, 0.3) is 0 Å². The second-order valence-electron chi connectivity index (χ2n) is 4.70. The molecule has 4 heteroatoms. The fourth-order valence-electron chi connectivity index (χ4n) is 2.47. The van der Waals surface area contributed by atoms with Gasteiger partial charge in [0.05, 0.1) is 6.04 Å². The summed E-state index contributed by atoms with van der Waals surface area (Å²) in [4.78, 5) is 14.2. The Morgan fingerprint density at radius 1 is 1.65 bits per heavy atom. The van der Waals surface area contributed by atoms with Gasteiger partial charge in [-0.05, 0) is 55.6 Å². The zero-order valence-electron chi connectivity index (χ0n) is 10.5. The molecule has 0 aromatic carbocycles. The number of hydrogen-bond acceptors (Lipinski definition) is 3. The summed E-state index contributed by atoms with van der Waals surface area (Å²) in [5.74, 6) is 0.265. The van der Waals surface area contributed by atoms with E-state index in [1.807, 2.05) is 11.9 Å². The summed E-state index contributed by atoms with van der Waals surface area (Å²) in [6.07, 6.45) is 3.04. The Kier molecular flexibility index (Phi) is 4.18. The Hall–Kier alpha value is -0.870. The van der Waals surface area contributed by atoms with Crippen LogP contribution in [0.15, 0.2) is 16.8 Å². The van der Waals surface area contributed by atoms with Crippen LogP contribution < -0.4 is 5.32 Å². The molecule has 2 heterocycles. The molecule has 0 radical (unpaired) electrons. The quantitative estimate of drug-likeness (QED) is 0.887. The lowest BCUT2D eigenvalue weighted by atomic mass is 10.0. The zero-order valence-corrected chi connectivity index (χ0v) is 11.3. The molecule has 1 aromatic heterocycles.